The van der Waals surface area contributed by atoms with Crippen LogP contribution in [-0.2, 0) is 5.92 Å². The highest BCUT2D eigenvalue weighted by Gasteiger charge is 2.59. The average molecular weight is 401 g/mol. The normalized spacial score (nSPS) is 22.1. The minimum atomic E-state index is -5.84. The maximum absolute atomic E-state index is 13.8. The molecule has 1 heterocycles. The predicted molar refractivity (Wildman–Crippen MR) is 89.4 cm³/mol. The van der Waals surface area contributed by atoms with Gasteiger partial charge in [-0.1, -0.05) is 18.2 Å². The summed E-state index contributed by atoms with van der Waals surface area (Å²) in [6.07, 6.45) is -6.08. The Morgan fingerprint density at radius 2 is 1.68 bits per heavy atom. The molecule has 0 amide bonds. The van der Waals surface area contributed by atoms with E-state index >= 15 is 0 Å². The first-order chi connectivity index (χ1) is 12.8. The second-order valence-corrected chi connectivity index (χ2v) is 7.26. The number of aliphatic hydroxyl groups is 1. The van der Waals surface area contributed by atoms with Gasteiger partial charge in [-0.05, 0) is 31.5 Å². The summed E-state index contributed by atoms with van der Waals surface area (Å²) in [5, 5.41) is 10.8. The zero-order chi connectivity index (χ0) is 21.1. The number of pyridine rings is 1. The lowest BCUT2D eigenvalue weighted by molar-refractivity contribution is -0.289. The Balaban J connectivity index is 2.31. The molecule has 9 heteroatoms. The third kappa shape index (κ3) is 2.85. The Morgan fingerprint density at radius 1 is 1.04 bits per heavy atom. The molecule has 0 bridgehead atoms. The Morgan fingerprint density at radius 3 is 2.25 bits per heavy atom. The Hall–Kier alpha value is -2.55. The molecule has 2 unspecified atom stereocenters. The van der Waals surface area contributed by atoms with Gasteiger partial charge in [-0.2, -0.15) is 22.0 Å². The lowest BCUT2D eigenvalue weighted by Gasteiger charge is -2.41. The van der Waals surface area contributed by atoms with Crippen molar-refractivity contribution in [1.82, 2.24) is 4.57 Å². The minimum Gasteiger partial charge on any atom is -0.390 e. The summed E-state index contributed by atoms with van der Waals surface area (Å²) in [6.45, 7) is 2.84. The van der Waals surface area contributed by atoms with Crippen LogP contribution in [0.1, 0.15) is 41.4 Å². The van der Waals surface area contributed by atoms with Crippen molar-refractivity contribution in [2.24, 2.45) is 5.41 Å². The van der Waals surface area contributed by atoms with Gasteiger partial charge in [0.1, 0.15) is 0 Å². The van der Waals surface area contributed by atoms with E-state index in [0.29, 0.717) is 12.1 Å². The predicted octanol–water partition coefficient (Wildman–Crippen LogP) is 3.68. The van der Waals surface area contributed by atoms with Crippen LogP contribution in [0, 0.1) is 5.41 Å². The largest absolute Gasteiger partial charge is 0.458 e. The quantitative estimate of drug-likeness (QED) is 0.782. The van der Waals surface area contributed by atoms with E-state index in [-0.39, 0.29) is 11.1 Å². The fourth-order valence-corrected chi connectivity index (χ4v) is 3.39. The number of benzene rings is 1. The van der Waals surface area contributed by atoms with Gasteiger partial charge < -0.3 is 9.67 Å². The standard InChI is InChI=1S/C19H16F5NO3/c1-17(2)15(27)11-7-6-10(18(20,21)19(22,23)24)9-12(11)14(16(17)28)25-8-4-3-5-13(25)26/h3-9,14,16,28H,1-2H3. The molecular weight excluding hydrogens is 385 g/mol. The van der Waals surface area contributed by atoms with Crippen LogP contribution in [-0.4, -0.2) is 27.7 Å². The highest BCUT2D eigenvalue weighted by molar-refractivity contribution is 6.03. The number of hydrogen-bond donors (Lipinski definition) is 1. The number of rotatable bonds is 2. The van der Waals surface area contributed by atoms with Gasteiger partial charge in [-0.3, -0.25) is 9.59 Å². The van der Waals surface area contributed by atoms with Crippen molar-refractivity contribution in [3.05, 3.63) is 69.6 Å². The number of hydrogen-bond acceptors (Lipinski definition) is 3. The van der Waals surface area contributed by atoms with E-state index in [0.717, 1.165) is 16.7 Å². The van der Waals surface area contributed by atoms with Gasteiger partial charge in [0, 0.05) is 23.4 Å². The molecule has 1 aromatic heterocycles. The second-order valence-electron chi connectivity index (χ2n) is 7.26. The lowest BCUT2D eigenvalue weighted by Crippen LogP contribution is -2.49. The van der Waals surface area contributed by atoms with E-state index in [1.807, 2.05) is 0 Å². The molecule has 0 spiro atoms. The Bertz CT molecular complexity index is 994. The van der Waals surface area contributed by atoms with Crippen molar-refractivity contribution >= 4 is 5.78 Å². The molecule has 0 saturated carbocycles. The first-order valence-electron chi connectivity index (χ1n) is 8.29. The van der Waals surface area contributed by atoms with Crippen LogP contribution in [0.4, 0.5) is 22.0 Å². The molecule has 1 aliphatic carbocycles. The fourth-order valence-electron chi connectivity index (χ4n) is 3.39. The maximum atomic E-state index is 13.8. The molecule has 150 valence electrons. The van der Waals surface area contributed by atoms with E-state index < -0.39 is 46.6 Å². The van der Waals surface area contributed by atoms with E-state index in [1.54, 1.807) is 0 Å². The smallest absolute Gasteiger partial charge is 0.390 e. The van der Waals surface area contributed by atoms with E-state index in [4.69, 9.17) is 0 Å². The summed E-state index contributed by atoms with van der Waals surface area (Å²) >= 11 is 0. The van der Waals surface area contributed by atoms with E-state index in [2.05, 4.69) is 0 Å². The Labute approximate surface area is 156 Å². The molecule has 2 aromatic rings. The molecule has 0 saturated heterocycles. The van der Waals surface area contributed by atoms with Gasteiger partial charge in [0.2, 0.25) is 0 Å². The molecular formula is C19H16F5NO3. The maximum Gasteiger partial charge on any atom is 0.458 e. The third-order valence-corrected chi connectivity index (χ3v) is 5.11. The van der Waals surface area contributed by atoms with Crippen LogP contribution in [0.25, 0.3) is 0 Å². The van der Waals surface area contributed by atoms with Crippen LogP contribution >= 0.6 is 0 Å². The molecule has 0 fully saturated rings. The number of fused-ring (bicyclic) bond motifs is 1. The molecule has 1 aromatic carbocycles. The number of carbonyl (C=O) groups excluding carboxylic acids is 1. The third-order valence-electron chi connectivity index (χ3n) is 5.11. The number of halogens is 5. The van der Waals surface area contributed by atoms with Crippen molar-refractivity contribution in [2.45, 2.75) is 38.1 Å². The zero-order valence-electron chi connectivity index (χ0n) is 14.8. The summed E-state index contributed by atoms with van der Waals surface area (Å²) in [5.41, 5.74) is -3.73. The molecule has 0 aliphatic heterocycles. The van der Waals surface area contributed by atoms with Crippen molar-refractivity contribution < 1.29 is 31.9 Å². The second kappa shape index (κ2) is 6.23. The van der Waals surface area contributed by atoms with Crippen LogP contribution in [0.5, 0.6) is 0 Å². The minimum absolute atomic E-state index is 0.113. The number of alkyl halides is 5. The van der Waals surface area contributed by atoms with Crippen LogP contribution in [0.3, 0.4) is 0 Å². The SMILES string of the molecule is CC1(C)C(=O)c2ccc(C(F)(F)C(F)(F)F)cc2C(n2ccccc2=O)C1O. The topological polar surface area (TPSA) is 59.3 Å². The first kappa shape index (κ1) is 20.2. The molecule has 28 heavy (non-hydrogen) atoms. The van der Waals surface area contributed by atoms with Gasteiger partial charge in [-0.25, -0.2) is 0 Å². The van der Waals surface area contributed by atoms with Gasteiger partial charge in [0.25, 0.3) is 5.56 Å². The van der Waals surface area contributed by atoms with E-state index in [9.17, 15) is 36.6 Å². The van der Waals surface area contributed by atoms with Crippen molar-refractivity contribution in [3.8, 4) is 0 Å². The first-order valence-corrected chi connectivity index (χ1v) is 8.29. The summed E-state index contributed by atoms with van der Waals surface area (Å²) in [5.74, 6) is -5.77. The highest BCUT2D eigenvalue weighted by Crippen LogP contribution is 2.47. The molecule has 3 rings (SSSR count). The lowest BCUT2D eigenvalue weighted by atomic mass is 9.68. The van der Waals surface area contributed by atoms with Crippen LogP contribution in [0.2, 0.25) is 0 Å². The van der Waals surface area contributed by atoms with E-state index in [1.165, 1.54) is 32.2 Å². The van der Waals surface area contributed by atoms with Gasteiger partial charge in [0.15, 0.2) is 5.78 Å². The molecule has 4 nitrogen and oxygen atoms in total. The van der Waals surface area contributed by atoms with Gasteiger partial charge >= 0.3 is 12.1 Å². The molecule has 1 aliphatic rings. The van der Waals surface area contributed by atoms with Crippen LogP contribution < -0.4 is 5.56 Å². The summed E-state index contributed by atoms with van der Waals surface area (Å²) in [6, 6.07) is 4.70. The summed E-state index contributed by atoms with van der Waals surface area (Å²) in [4.78, 5) is 25.0. The number of Topliss-reactive ketones (excluding diaryl/α,β-unsaturated/α-hetero) is 1. The highest BCUT2D eigenvalue weighted by atomic mass is 19.4. The van der Waals surface area contributed by atoms with Crippen molar-refractivity contribution in [2.75, 3.05) is 0 Å². The van der Waals surface area contributed by atoms with Gasteiger partial charge in [-0.15, -0.1) is 0 Å². The van der Waals surface area contributed by atoms with Crippen molar-refractivity contribution in [1.29, 1.82) is 0 Å². The molecule has 2 atom stereocenters. The Kier molecular flexibility index (Phi) is 4.49. The summed E-state index contributed by atoms with van der Waals surface area (Å²) < 4.78 is 67.1. The number of ketones is 1. The van der Waals surface area contributed by atoms with Gasteiger partial charge in [0.05, 0.1) is 17.6 Å². The number of aliphatic hydroxyl groups excluding tert-OH is 1. The van der Waals surface area contributed by atoms with Crippen LogP contribution in [0.15, 0.2) is 47.4 Å². The molecule has 1 N–H and O–H groups in total. The molecule has 0 radical (unpaired) electrons. The fraction of sp³-hybridized carbons (Fsp3) is 0.368. The van der Waals surface area contributed by atoms with Crippen molar-refractivity contribution in [3.63, 3.8) is 0 Å². The number of nitrogens with zero attached hydrogens (tertiary/aromatic N) is 1. The number of carbonyl (C=O) groups is 1. The average Bonchev–Trinajstić information content (AvgIpc) is 2.60. The zero-order valence-corrected chi connectivity index (χ0v) is 14.8. The number of aromatic nitrogens is 1. The monoisotopic (exact) mass is 401 g/mol. The summed E-state index contributed by atoms with van der Waals surface area (Å²) in [7, 11) is 0.